The molecule has 0 atom stereocenters. The van der Waals surface area contributed by atoms with Crippen molar-refractivity contribution in [3.63, 3.8) is 0 Å². The SMILES string of the molecule is COC(=O)Cc1cc(B2OC(C)(C)C(C)(C)O2)c(OC)cc1F. The number of hydrogen-bond acceptors (Lipinski definition) is 5. The van der Waals surface area contributed by atoms with E-state index in [0.717, 1.165) is 0 Å². The molecule has 126 valence electrons. The fourth-order valence-corrected chi connectivity index (χ4v) is 2.31. The van der Waals surface area contributed by atoms with Crippen LogP contribution in [0.15, 0.2) is 12.1 Å². The number of esters is 1. The van der Waals surface area contributed by atoms with Gasteiger partial charge < -0.3 is 18.8 Å². The van der Waals surface area contributed by atoms with Gasteiger partial charge in [0.15, 0.2) is 0 Å². The molecule has 0 bridgehead atoms. The maximum absolute atomic E-state index is 14.1. The van der Waals surface area contributed by atoms with Crippen LogP contribution in [0.1, 0.15) is 33.3 Å². The Hall–Kier alpha value is -1.60. The lowest BCUT2D eigenvalue weighted by Gasteiger charge is -2.32. The normalized spacial score (nSPS) is 18.8. The average molecular weight is 324 g/mol. The molecular weight excluding hydrogens is 302 g/mol. The lowest BCUT2D eigenvalue weighted by Crippen LogP contribution is -2.41. The number of benzene rings is 1. The first-order valence-electron chi connectivity index (χ1n) is 7.40. The van der Waals surface area contributed by atoms with Crippen LogP contribution in [0.2, 0.25) is 0 Å². The standard InChI is InChI=1S/C16H22BFO5/c1-15(2)16(3,4)23-17(22-15)11-7-10(8-14(19)21-6)12(18)9-13(11)20-5/h7,9H,8H2,1-6H3. The molecule has 0 saturated carbocycles. The van der Waals surface area contributed by atoms with E-state index >= 15 is 0 Å². The number of hydrogen-bond donors (Lipinski definition) is 0. The number of methoxy groups -OCH3 is 2. The molecule has 0 aliphatic carbocycles. The zero-order valence-corrected chi connectivity index (χ0v) is 14.4. The molecule has 0 radical (unpaired) electrons. The van der Waals surface area contributed by atoms with Crippen LogP contribution in [0.3, 0.4) is 0 Å². The van der Waals surface area contributed by atoms with Gasteiger partial charge >= 0.3 is 13.1 Å². The molecular formula is C16H22BFO5. The average Bonchev–Trinajstić information content (AvgIpc) is 2.68. The highest BCUT2D eigenvalue weighted by Gasteiger charge is 2.52. The number of carbonyl (C=O) groups excluding carboxylic acids is 1. The molecule has 0 aromatic heterocycles. The Morgan fingerprint density at radius 1 is 1.17 bits per heavy atom. The second-order valence-electron chi connectivity index (χ2n) is 6.53. The molecule has 2 rings (SSSR count). The van der Waals surface area contributed by atoms with E-state index in [0.29, 0.717) is 11.2 Å². The van der Waals surface area contributed by atoms with E-state index in [-0.39, 0.29) is 12.0 Å². The Bertz CT molecular complexity index is 599. The highest BCUT2D eigenvalue weighted by molar-refractivity contribution is 6.63. The molecule has 0 unspecified atom stereocenters. The first-order valence-corrected chi connectivity index (χ1v) is 7.40. The fraction of sp³-hybridized carbons (Fsp3) is 0.562. The van der Waals surface area contributed by atoms with Gasteiger partial charge in [0.25, 0.3) is 0 Å². The van der Waals surface area contributed by atoms with Crippen LogP contribution in [0.4, 0.5) is 4.39 Å². The molecule has 1 aromatic rings. The van der Waals surface area contributed by atoms with Crippen LogP contribution in [0, 0.1) is 5.82 Å². The highest BCUT2D eigenvalue weighted by atomic mass is 19.1. The number of ether oxygens (including phenoxy) is 2. The second kappa shape index (κ2) is 6.13. The smallest absolute Gasteiger partial charge is 0.497 e. The third kappa shape index (κ3) is 3.35. The molecule has 1 fully saturated rings. The van der Waals surface area contributed by atoms with E-state index in [1.54, 1.807) is 0 Å². The van der Waals surface area contributed by atoms with Gasteiger partial charge in [0.05, 0.1) is 31.8 Å². The first kappa shape index (κ1) is 17.8. The molecule has 0 amide bonds. The molecule has 1 aromatic carbocycles. The van der Waals surface area contributed by atoms with Gasteiger partial charge in [-0.2, -0.15) is 0 Å². The van der Waals surface area contributed by atoms with Crippen LogP contribution in [0.25, 0.3) is 0 Å². The summed E-state index contributed by atoms with van der Waals surface area (Å²) in [5.74, 6) is -0.740. The fourth-order valence-electron chi connectivity index (χ4n) is 2.31. The van der Waals surface area contributed by atoms with Crippen molar-refractivity contribution in [1.82, 2.24) is 0 Å². The molecule has 7 heteroatoms. The Morgan fingerprint density at radius 3 is 2.22 bits per heavy atom. The van der Waals surface area contributed by atoms with Gasteiger partial charge in [0.1, 0.15) is 11.6 Å². The monoisotopic (exact) mass is 324 g/mol. The van der Waals surface area contributed by atoms with E-state index in [1.165, 1.54) is 26.4 Å². The third-order valence-corrected chi connectivity index (χ3v) is 4.47. The van der Waals surface area contributed by atoms with Gasteiger partial charge in [-0.15, -0.1) is 0 Å². The van der Waals surface area contributed by atoms with E-state index in [4.69, 9.17) is 14.0 Å². The van der Waals surface area contributed by atoms with Gasteiger partial charge in [-0.05, 0) is 33.3 Å². The summed E-state index contributed by atoms with van der Waals surface area (Å²) >= 11 is 0. The van der Waals surface area contributed by atoms with Gasteiger partial charge in [-0.25, -0.2) is 4.39 Å². The minimum atomic E-state index is -0.702. The van der Waals surface area contributed by atoms with Crippen LogP contribution >= 0.6 is 0 Å². The summed E-state index contributed by atoms with van der Waals surface area (Å²) in [7, 11) is 2.01. The summed E-state index contributed by atoms with van der Waals surface area (Å²) in [6.07, 6.45) is -0.168. The highest BCUT2D eigenvalue weighted by Crippen LogP contribution is 2.37. The van der Waals surface area contributed by atoms with Crippen LogP contribution < -0.4 is 10.2 Å². The van der Waals surface area contributed by atoms with E-state index in [9.17, 15) is 9.18 Å². The summed E-state index contributed by atoms with van der Waals surface area (Å²) in [5, 5.41) is 0. The summed E-state index contributed by atoms with van der Waals surface area (Å²) in [4.78, 5) is 11.4. The third-order valence-electron chi connectivity index (χ3n) is 4.47. The van der Waals surface area contributed by atoms with Crippen molar-refractivity contribution in [1.29, 1.82) is 0 Å². The van der Waals surface area contributed by atoms with Crippen LogP contribution in [-0.2, 0) is 25.3 Å². The molecule has 0 N–H and O–H groups in total. The molecule has 23 heavy (non-hydrogen) atoms. The van der Waals surface area contributed by atoms with E-state index in [1.807, 2.05) is 27.7 Å². The van der Waals surface area contributed by atoms with Crippen molar-refractivity contribution in [2.75, 3.05) is 14.2 Å². The summed E-state index contributed by atoms with van der Waals surface area (Å²) < 4.78 is 35.9. The first-order chi connectivity index (χ1) is 10.6. The minimum absolute atomic E-state index is 0.168. The Balaban J connectivity index is 2.41. The van der Waals surface area contributed by atoms with Crippen molar-refractivity contribution < 1.29 is 28.0 Å². The molecule has 5 nitrogen and oxygen atoms in total. The Morgan fingerprint density at radius 2 is 1.74 bits per heavy atom. The summed E-state index contributed by atoms with van der Waals surface area (Å²) in [6, 6.07) is 2.77. The Kier molecular flexibility index (Phi) is 4.73. The number of carbonyl (C=O) groups is 1. The molecule has 0 spiro atoms. The van der Waals surface area contributed by atoms with Gasteiger partial charge in [0, 0.05) is 11.5 Å². The molecule has 1 aliphatic heterocycles. The largest absolute Gasteiger partial charge is 0.498 e. The van der Waals surface area contributed by atoms with Crippen molar-refractivity contribution in [3.8, 4) is 5.75 Å². The van der Waals surface area contributed by atoms with Crippen molar-refractivity contribution in [2.24, 2.45) is 0 Å². The quantitative estimate of drug-likeness (QED) is 0.625. The maximum Gasteiger partial charge on any atom is 0.498 e. The predicted octanol–water partition coefficient (Wildman–Crippen LogP) is 1.85. The second-order valence-corrected chi connectivity index (χ2v) is 6.53. The maximum atomic E-state index is 14.1. The van der Waals surface area contributed by atoms with E-state index < -0.39 is 30.1 Å². The van der Waals surface area contributed by atoms with Gasteiger partial charge in [0.2, 0.25) is 0 Å². The van der Waals surface area contributed by atoms with Crippen molar-refractivity contribution >= 4 is 18.6 Å². The molecule has 1 aliphatic rings. The summed E-state index contributed by atoms with van der Waals surface area (Å²) in [5.41, 5.74) is -0.298. The molecule has 1 heterocycles. The zero-order chi connectivity index (χ0) is 17.4. The lowest BCUT2D eigenvalue weighted by molar-refractivity contribution is -0.139. The van der Waals surface area contributed by atoms with Crippen LogP contribution in [-0.4, -0.2) is 38.5 Å². The van der Waals surface area contributed by atoms with Gasteiger partial charge in [-0.1, -0.05) is 6.07 Å². The Labute approximate surface area is 136 Å². The lowest BCUT2D eigenvalue weighted by atomic mass is 9.77. The zero-order valence-electron chi connectivity index (χ0n) is 14.4. The van der Waals surface area contributed by atoms with Crippen molar-refractivity contribution in [2.45, 2.75) is 45.3 Å². The van der Waals surface area contributed by atoms with Crippen molar-refractivity contribution in [3.05, 3.63) is 23.5 Å². The summed E-state index contributed by atoms with van der Waals surface area (Å²) in [6.45, 7) is 7.72. The van der Waals surface area contributed by atoms with Crippen LogP contribution in [0.5, 0.6) is 5.75 Å². The number of halogens is 1. The van der Waals surface area contributed by atoms with E-state index in [2.05, 4.69) is 4.74 Å². The number of rotatable bonds is 4. The molecule has 1 saturated heterocycles. The predicted molar refractivity (Wildman–Crippen MR) is 84.4 cm³/mol. The minimum Gasteiger partial charge on any atom is -0.497 e. The topological polar surface area (TPSA) is 54.0 Å². The van der Waals surface area contributed by atoms with Gasteiger partial charge in [-0.3, -0.25) is 4.79 Å².